The molecule has 0 saturated heterocycles. The molecule has 4 nitrogen and oxygen atoms in total. The molecule has 1 aromatic heterocycles. The Morgan fingerprint density at radius 3 is 2.82 bits per heavy atom. The highest BCUT2D eigenvalue weighted by Gasteiger charge is 2.54. The number of nitrogens with zero attached hydrogens (tertiary/aromatic N) is 3. The molecular formula is C17H22ClN3O. The van der Waals surface area contributed by atoms with Crippen LogP contribution in [0.4, 0.5) is 0 Å². The second kappa shape index (κ2) is 5.67. The highest BCUT2D eigenvalue weighted by Crippen LogP contribution is 2.51. The lowest BCUT2D eigenvalue weighted by molar-refractivity contribution is -0.0907. The van der Waals surface area contributed by atoms with Gasteiger partial charge in [-0.05, 0) is 48.3 Å². The van der Waals surface area contributed by atoms with Crippen LogP contribution in [-0.2, 0) is 13.0 Å². The van der Waals surface area contributed by atoms with Crippen molar-refractivity contribution < 1.29 is 13.3 Å². The molecule has 0 unspecified atom stereocenters. The van der Waals surface area contributed by atoms with Crippen molar-refractivity contribution >= 4 is 11.6 Å². The van der Waals surface area contributed by atoms with E-state index in [0.717, 1.165) is 5.56 Å². The molecule has 5 heteroatoms. The second-order valence-corrected chi connectivity index (χ2v) is 6.43. The fraction of sp³-hybridized carbons (Fsp3) is 0.529. The molecule has 0 radical (unpaired) electrons. The molecular weight excluding hydrogens is 298 g/mol. The van der Waals surface area contributed by atoms with Crippen molar-refractivity contribution in [3.05, 3.63) is 47.5 Å². The Kier molecular flexibility index (Phi) is 2.50. The molecule has 1 aliphatic rings. The van der Waals surface area contributed by atoms with Crippen LogP contribution in [0.5, 0.6) is 0 Å². The third kappa shape index (κ3) is 2.77. The number of aliphatic hydroxyl groups is 1. The minimum Gasteiger partial charge on any atom is -0.387 e. The summed E-state index contributed by atoms with van der Waals surface area (Å²) in [6.45, 7) is -6.04. The molecule has 1 saturated carbocycles. The van der Waals surface area contributed by atoms with Gasteiger partial charge in [0.2, 0.25) is 0 Å². The van der Waals surface area contributed by atoms with Gasteiger partial charge in [0.1, 0.15) is 12.7 Å². The van der Waals surface area contributed by atoms with Gasteiger partial charge in [-0.2, -0.15) is 5.10 Å². The van der Waals surface area contributed by atoms with Crippen molar-refractivity contribution in [2.45, 2.75) is 45.1 Å². The van der Waals surface area contributed by atoms with Gasteiger partial charge in [0.05, 0.1) is 12.1 Å². The van der Waals surface area contributed by atoms with Crippen LogP contribution in [0.3, 0.4) is 0 Å². The zero-order valence-electron chi connectivity index (χ0n) is 18.0. The molecule has 1 aromatic carbocycles. The van der Waals surface area contributed by atoms with Crippen molar-refractivity contribution in [1.82, 2.24) is 14.8 Å². The zero-order valence-corrected chi connectivity index (χ0v) is 12.8. The molecule has 3 rings (SSSR count). The first-order chi connectivity index (χ1) is 12.9. The Morgan fingerprint density at radius 1 is 1.41 bits per heavy atom. The molecule has 0 spiro atoms. The third-order valence-corrected chi connectivity index (χ3v) is 4.80. The van der Waals surface area contributed by atoms with Crippen LogP contribution in [-0.4, -0.2) is 25.5 Å². The van der Waals surface area contributed by atoms with Gasteiger partial charge >= 0.3 is 0 Å². The SMILES string of the molecule is [2H]C([2H])([2H])C1(C([2H])([2H])[2H])CC[C@H](Cc2ccc(Cl)cc2)[C@]1(O)Cn1cncn1. The van der Waals surface area contributed by atoms with Crippen LogP contribution in [0.1, 0.15) is 40.3 Å². The average molecular weight is 326 g/mol. The number of halogens is 1. The van der Waals surface area contributed by atoms with Crippen LogP contribution < -0.4 is 0 Å². The van der Waals surface area contributed by atoms with E-state index in [2.05, 4.69) is 10.1 Å². The summed E-state index contributed by atoms with van der Waals surface area (Å²) < 4.78 is 49.7. The molecule has 22 heavy (non-hydrogen) atoms. The molecule has 1 fully saturated rings. The van der Waals surface area contributed by atoms with E-state index in [0.29, 0.717) is 11.4 Å². The lowest BCUT2D eigenvalue weighted by atomic mass is 9.72. The molecule has 1 aliphatic carbocycles. The highest BCUT2D eigenvalue weighted by atomic mass is 35.5. The fourth-order valence-corrected chi connectivity index (χ4v) is 3.32. The van der Waals surface area contributed by atoms with Gasteiger partial charge in [0, 0.05) is 13.2 Å². The normalized spacial score (nSPS) is 32.4. The number of hydrogen-bond donors (Lipinski definition) is 1. The van der Waals surface area contributed by atoms with Crippen LogP contribution in [0.15, 0.2) is 36.9 Å². The van der Waals surface area contributed by atoms with Gasteiger partial charge in [-0.25, -0.2) is 4.98 Å². The van der Waals surface area contributed by atoms with Gasteiger partial charge in [-0.15, -0.1) is 0 Å². The predicted molar refractivity (Wildman–Crippen MR) is 86.6 cm³/mol. The quantitative estimate of drug-likeness (QED) is 0.938. The number of rotatable bonds is 4. The zero-order chi connectivity index (χ0) is 20.8. The number of benzene rings is 1. The van der Waals surface area contributed by atoms with Crippen molar-refractivity contribution in [2.24, 2.45) is 11.3 Å². The monoisotopic (exact) mass is 325 g/mol. The second-order valence-electron chi connectivity index (χ2n) is 5.99. The smallest absolute Gasteiger partial charge is 0.137 e. The molecule has 2 atom stereocenters. The first-order valence-corrected chi connectivity index (χ1v) is 7.58. The highest BCUT2D eigenvalue weighted by molar-refractivity contribution is 6.30. The topological polar surface area (TPSA) is 50.9 Å². The molecule has 2 aromatic rings. The van der Waals surface area contributed by atoms with E-state index in [9.17, 15) is 5.11 Å². The van der Waals surface area contributed by atoms with Crippen LogP contribution in [0.25, 0.3) is 0 Å². The summed E-state index contributed by atoms with van der Waals surface area (Å²) in [5.41, 5.74) is -3.45. The van der Waals surface area contributed by atoms with Crippen molar-refractivity contribution in [3.63, 3.8) is 0 Å². The standard InChI is InChI=1S/C17H22ClN3O/c1-16(2)8-7-14(9-13-3-5-15(18)6-4-13)17(16,22)10-21-12-19-11-20-21/h3-6,11-12,14,22H,7-10H2,1-2H3/t14-,17-/m1/s1/i1D3,2D3. The van der Waals surface area contributed by atoms with Crippen LogP contribution in [0.2, 0.25) is 5.02 Å². The minimum absolute atomic E-state index is 0.135. The Labute approximate surface area is 144 Å². The van der Waals surface area contributed by atoms with E-state index < -0.39 is 30.6 Å². The van der Waals surface area contributed by atoms with Crippen LogP contribution in [0, 0.1) is 11.3 Å². The van der Waals surface area contributed by atoms with Gasteiger partial charge in [-0.1, -0.05) is 37.4 Å². The van der Waals surface area contributed by atoms with Crippen molar-refractivity contribution in [2.75, 3.05) is 0 Å². The Morgan fingerprint density at radius 2 is 2.18 bits per heavy atom. The lowest BCUT2D eigenvalue weighted by Gasteiger charge is -2.40. The largest absolute Gasteiger partial charge is 0.387 e. The maximum atomic E-state index is 11.8. The van der Waals surface area contributed by atoms with E-state index >= 15 is 0 Å². The fourth-order valence-electron chi connectivity index (χ4n) is 3.20. The van der Waals surface area contributed by atoms with Gasteiger partial charge in [0.15, 0.2) is 0 Å². The number of aromatic nitrogens is 3. The summed E-state index contributed by atoms with van der Waals surface area (Å²) in [7, 11) is 0. The Bertz CT molecular complexity index is 792. The predicted octanol–water partition coefficient (Wildman–Crippen LogP) is 3.34. The van der Waals surface area contributed by atoms with Gasteiger partial charge < -0.3 is 5.11 Å². The van der Waals surface area contributed by atoms with Crippen LogP contribution >= 0.6 is 11.6 Å². The van der Waals surface area contributed by atoms with Crippen molar-refractivity contribution in [1.29, 1.82) is 0 Å². The average Bonchev–Trinajstić information content (AvgIpc) is 3.15. The maximum absolute atomic E-state index is 11.8. The first kappa shape index (κ1) is 9.68. The number of hydrogen-bond acceptors (Lipinski definition) is 3. The summed E-state index contributed by atoms with van der Waals surface area (Å²) in [6.07, 6.45) is 3.07. The van der Waals surface area contributed by atoms with Crippen molar-refractivity contribution in [3.8, 4) is 0 Å². The Hall–Kier alpha value is -1.39. The third-order valence-electron chi connectivity index (χ3n) is 4.55. The summed E-state index contributed by atoms with van der Waals surface area (Å²) in [5, 5.41) is 16.3. The minimum atomic E-state index is -2.89. The van der Waals surface area contributed by atoms with Gasteiger partial charge in [0.25, 0.3) is 0 Å². The summed E-state index contributed by atoms with van der Waals surface area (Å²) in [4.78, 5) is 3.83. The Balaban J connectivity index is 2.08. The lowest BCUT2D eigenvalue weighted by Crippen LogP contribution is -2.49. The molecule has 0 amide bonds. The van der Waals surface area contributed by atoms with E-state index in [1.807, 2.05) is 0 Å². The van der Waals surface area contributed by atoms with E-state index in [4.69, 9.17) is 19.8 Å². The summed E-state index contributed by atoms with van der Waals surface area (Å²) >= 11 is 5.93. The molecule has 118 valence electrons. The molecule has 0 aliphatic heterocycles. The molecule has 0 bridgehead atoms. The van der Waals surface area contributed by atoms with E-state index in [1.165, 1.54) is 17.3 Å². The summed E-state index contributed by atoms with van der Waals surface area (Å²) in [6, 6.07) is 7.01. The molecule has 1 N–H and O–H groups in total. The molecule has 1 heterocycles. The maximum Gasteiger partial charge on any atom is 0.137 e. The van der Waals surface area contributed by atoms with E-state index in [1.54, 1.807) is 24.3 Å². The summed E-state index contributed by atoms with van der Waals surface area (Å²) in [5.74, 6) is -0.585. The van der Waals surface area contributed by atoms with E-state index in [-0.39, 0.29) is 19.4 Å². The van der Waals surface area contributed by atoms with Gasteiger partial charge in [-0.3, -0.25) is 4.68 Å². The first-order valence-electron chi connectivity index (χ1n) is 10.2.